The lowest BCUT2D eigenvalue weighted by Crippen LogP contribution is -2.36. The Morgan fingerprint density at radius 2 is 1.92 bits per heavy atom. The minimum absolute atomic E-state index is 0.0561. The van der Waals surface area contributed by atoms with Gasteiger partial charge in [-0.3, -0.25) is 14.7 Å². The Labute approximate surface area is 144 Å². The van der Waals surface area contributed by atoms with Crippen LogP contribution >= 0.6 is 0 Å². The Bertz CT molecular complexity index is 845. The molecule has 0 spiro atoms. The highest BCUT2D eigenvalue weighted by Gasteiger charge is 2.23. The van der Waals surface area contributed by atoms with Crippen molar-refractivity contribution in [2.75, 3.05) is 24.5 Å². The highest BCUT2D eigenvalue weighted by molar-refractivity contribution is 5.35. The molecule has 132 valence electrons. The van der Waals surface area contributed by atoms with Crippen molar-refractivity contribution >= 4 is 5.95 Å². The summed E-state index contributed by atoms with van der Waals surface area (Å²) in [6.07, 6.45) is 2.84. The average Bonchev–Trinajstić information content (AvgIpc) is 3.12. The Hall–Kier alpha value is -2.28. The first-order valence-electron chi connectivity index (χ1n) is 8.63. The van der Waals surface area contributed by atoms with Crippen molar-refractivity contribution in [3.05, 3.63) is 57.0 Å². The number of rotatable bonds is 3. The van der Waals surface area contributed by atoms with Crippen LogP contribution in [0.3, 0.4) is 0 Å². The van der Waals surface area contributed by atoms with E-state index in [0.717, 1.165) is 43.3 Å². The monoisotopic (exact) mass is 346 g/mol. The van der Waals surface area contributed by atoms with E-state index in [-0.39, 0.29) is 5.56 Å². The lowest BCUT2D eigenvalue weighted by molar-refractivity contribution is 0.240. The summed E-state index contributed by atoms with van der Waals surface area (Å²) in [4.78, 5) is 24.1. The minimum Gasteiger partial charge on any atom is -0.342 e. The van der Waals surface area contributed by atoms with E-state index >= 15 is 0 Å². The van der Waals surface area contributed by atoms with Crippen molar-refractivity contribution in [3.8, 4) is 0 Å². The number of aromatic amines is 1. The van der Waals surface area contributed by atoms with Crippen molar-refractivity contribution in [1.29, 1.82) is 0 Å². The smallest absolute Gasteiger partial charge is 0.255 e. The summed E-state index contributed by atoms with van der Waals surface area (Å²) in [6.45, 7) is 3.57. The molecule has 1 aromatic heterocycles. The molecule has 3 heterocycles. The highest BCUT2D eigenvalue weighted by Crippen LogP contribution is 2.21. The van der Waals surface area contributed by atoms with E-state index in [9.17, 15) is 13.6 Å². The fourth-order valence-electron chi connectivity index (χ4n) is 3.59. The first kappa shape index (κ1) is 16.2. The SMILES string of the molecule is O=c1[nH]c(N2CCCC2)nc2c1CCN(Cc1ccc(F)c(F)c1)C2. The van der Waals surface area contributed by atoms with Gasteiger partial charge in [0.1, 0.15) is 0 Å². The zero-order valence-electron chi connectivity index (χ0n) is 13.9. The number of halogens is 2. The van der Waals surface area contributed by atoms with Gasteiger partial charge in [0.2, 0.25) is 5.95 Å². The van der Waals surface area contributed by atoms with Crippen LogP contribution in [-0.2, 0) is 19.5 Å². The molecule has 2 aliphatic rings. The number of nitrogens with one attached hydrogen (secondary N) is 1. The van der Waals surface area contributed by atoms with Crippen LogP contribution in [-0.4, -0.2) is 34.5 Å². The second-order valence-corrected chi connectivity index (χ2v) is 6.72. The molecule has 0 radical (unpaired) electrons. The second-order valence-electron chi connectivity index (χ2n) is 6.72. The van der Waals surface area contributed by atoms with E-state index in [0.29, 0.717) is 37.6 Å². The number of fused-ring (bicyclic) bond motifs is 1. The van der Waals surface area contributed by atoms with Gasteiger partial charge >= 0.3 is 0 Å². The topological polar surface area (TPSA) is 52.2 Å². The van der Waals surface area contributed by atoms with Crippen LogP contribution in [0.1, 0.15) is 29.7 Å². The maximum atomic E-state index is 13.4. The zero-order chi connectivity index (χ0) is 17.4. The molecule has 0 saturated carbocycles. The Morgan fingerprint density at radius 3 is 2.68 bits per heavy atom. The summed E-state index contributed by atoms with van der Waals surface area (Å²) in [5.41, 5.74) is 2.19. The summed E-state index contributed by atoms with van der Waals surface area (Å²) in [5, 5.41) is 0. The third kappa shape index (κ3) is 3.28. The van der Waals surface area contributed by atoms with Crippen molar-refractivity contribution in [2.45, 2.75) is 32.4 Å². The third-order valence-electron chi connectivity index (χ3n) is 4.94. The van der Waals surface area contributed by atoms with Crippen LogP contribution in [0.25, 0.3) is 0 Å². The van der Waals surface area contributed by atoms with Crippen LogP contribution in [0.15, 0.2) is 23.0 Å². The summed E-state index contributed by atoms with van der Waals surface area (Å²) in [6, 6.07) is 3.97. The Morgan fingerprint density at radius 1 is 1.12 bits per heavy atom. The summed E-state index contributed by atoms with van der Waals surface area (Å²) in [5.74, 6) is -1.02. The molecular weight excluding hydrogens is 326 g/mol. The van der Waals surface area contributed by atoms with Gasteiger partial charge in [-0.1, -0.05) is 6.07 Å². The molecule has 5 nitrogen and oxygen atoms in total. The summed E-state index contributed by atoms with van der Waals surface area (Å²) >= 11 is 0. The van der Waals surface area contributed by atoms with E-state index in [2.05, 4.69) is 19.8 Å². The molecule has 25 heavy (non-hydrogen) atoms. The van der Waals surface area contributed by atoms with Crippen molar-refractivity contribution < 1.29 is 8.78 Å². The van der Waals surface area contributed by atoms with Gasteiger partial charge in [0, 0.05) is 38.3 Å². The van der Waals surface area contributed by atoms with Crippen LogP contribution < -0.4 is 10.5 Å². The molecule has 1 fully saturated rings. The number of benzene rings is 1. The summed E-state index contributed by atoms with van der Waals surface area (Å²) < 4.78 is 26.5. The number of H-pyrrole nitrogens is 1. The van der Waals surface area contributed by atoms with E-state index in [1.807, 2.05) is 0 Å². The van der Waals surface area contributed by atoms with Crippen LogP contribution in [0, 0.1) is 11.6 Å². The molecule has 0 unspecified atom stereocenters. The van der Waals surface area contributed by atoms with Crippen LogP contribution in [0.5, 0.6) is 0 Å². The summed E-state index contributed by atoms with van der Waals surface area (Å²) in [7, 11) is 0. The fraction of sp³-hybridized carbons (Fsp3) is 0.444. The van der Waals surface area contributed by atoms with E-state index in [1.165, 1.54) is 6.07 Å². The van der Waals surface area contributed by atoms with Crippen LogP contribution in [0.4, 0.5) is 14.7 Å². The Balaban J connectivity index is 1.55. The Kier molecular flexibility index (Phi) is 4.25. The molecule has 1 saturated heterocycles. The first-order chi connectivity index (χ1) is 12.1. The maximum absolute atomic E-state index is 13.4. The first-order valence-corrected chi connectivity index (χ1v) is 8.63. The normalized spacial score (nSPS) is 17.8. The molecule has 0 atom stereocenters. The second kappa shape index (κ2) is 6.55. The molecular formula is C18H20F2N4O. The van der Waals surface area contributed by atoms with Gasteiger partial charge < -0.3 is 4.90 Å². The number of anilines is 1. The predicted octanol–water partition coefficient (Wildman–Crippen LogP) is 2.21. The largest absolute Gasteiger partial charge is 0.342 e. The van der Waals surface area contributed by atoms with E-state index < -0.39 is 11.6 Å². The van der Waals surface area contributed by atoms with Gasteiger partial charge in [0.25, 0.3) is 5.56 Å². The average molecular weight is 346 g/mol. The van der Waals surface area contributed by atoms with Crippen molar-refractivity contribution in [2.24, 2.45) is 0 Å². The molecule has 2 aliphatic heterocycles. The number of aromatic nitrogens is 2. The van der Waals surface area contributed by atoms with Gasteiger partial charge in [-0.15, -0.1) is 0 Å². The van der Waals surface area contributed by atoms with Gasteiger partial charge in [-0.25, -0.2) is 13.8 Å². The van der Waals surface area contributed by atoms with Crippen LogP contribution in [0.2, 0.25) is 0 Å². The molecule has 0 aliphatic carbocycles. The van der Waals surface area contributed by atoms with E-state index in [1.54, 1.807) is 6.07 Å². The number of nitrogens with zero attached hydrogens (tertiary/aromatic N) is 3. The molecule has 2 aromatic rings. The molecule has 0 amide bonds. The number of hydrogen-bond donors (Lipinski definition) is 1. The van der Waals surface area contributed by atoms with Gasteiger partial charge in [0.15, 0.2) is 11.6 Å². The molecule has 0 bridgehead atoms. The maximum Gasteiger partial charge on any atom is 0.255 e. The fourth-order valence-corrected chi connectivity index (χ4v) is 3.59. The minimum atomic E-state index is -0.837. The van der Waals surface area contributed by atoms with Gasteiger partial charge in [-0.05, 0) is 37.0 Å². The number of hydrogen-bond acceptors (Lipinski definition) is 4. The lowest BCUT2D eigenvalue weighted by Gasteiger charge is -2.28. The van der Waals surface area contributed by atoms with E-state index in [4.69, 9.17) is 0 Å². The van der Waals surface area contributed by atoms with Gasteiger partial charge in [0.05, 0.1) is 5.69 Å². The van der Waals surface area contributed by atoms with Crippen molar-refractivity contribution in [3.63, 3.8) is 0 Å². The predicted molar refractivity (Wildman–Crippen MR) is 90.5 cm³/mol. The quantitative estimate of drug-likeness (QED) is 0.926. The van der Waals surface area contributed by atoms with Gasteiger partial charge in [-0.2, -0.15) is 0 Å². The molecule has 4 rings (SSSR count). The highest BCUT2D eigenvalue weighted by atomic mass is 19.2. The molecule has 1 aromatic carbocycles. The van der Waals surface area contributed by atoms with Crippen molar-refractivity contribution in [1.82, 2.24) is 14.9 Å². The standard InChI is InChI=1S/C18H20F2N4O/c19-14-4-3-12(9-15(14)20)10-23-8-5-13-16(11-23)21-18(22-17(13)25)24-6-1-2-7-24/h3-4,9H,1-2,5-8,10-11H2,(H,21,22,25). The third-order valence-corrected chi connectivity index (χ3v) is 4.94. The zero-order valence-corrected chi connectivity index (χ0v) is 13.9. The molecule has 1 N–H and O–H groups in total. The lowest BCUT2D eigenvalue weighted by atomic mass is 10.1. The molecule has 7 heteroatoms.